The van der Waals surface area contributed by atoms with Crippen molar-refractivity contribution in [3.05, 3.63) is 11.6 Å². The average molecular weight is 360 g/mol. The average Bonchev–Trinajstić information content (AvgIpc) is 3.00. The van der Waals surface area contributed by atoms with Crippen molar-refractivity contribution in [2.75, 3.05) is 6.61 Å². The molecule has 3 saturated carbocycles. The second kappa shape index (κ2) is 6.10. The first kappa shape index (κ1) is 18.1. The van der Waals surface area contributed by atoms with Crippen molar-refractivity contribution in [2.24, 2.45) is 34.5 Å². The first-order valence-corrected chi connectivity index (χ1v) is 9.89. The van der Waals surface area contributed by atoms with Crippen molar-refractivity contribution >= 4 is 17.9 Å². The van der Waals surface area contributed by atoms with Crippen LogP contribution in [0.3, 0.4) is 0 Å². The number of fused-ring (bicyclic) bond motifs is 5. The van der Waals surface area contributed by atoms with E-state index in [0.29, 0.717) is 19.3 Å². The van der Waals surface area contributed by atoms with Gasteiger partial charge in [0.25, 0.3) is 0 Å². The highest BCUT2D eigenvalue weighted by molar-refractivity contribution is 5.91. The van der Waals surface area contributed by atoms with Gasteiger partial charge in [0.15, 0.2) is 11.6 Å². The first-order valence-electron chi connectivity index (χ1n) is 9.89. The predicted octanol–water partition coefficient (Wildman–Crippen LogP) is 1.85. The number of hydrogen-bond donors (Lipinski definition) is 2. The zero-order chi connectivity index (χ0) is 18.7. The second-order valence-corrected chi connectivity index (χ2v) is 9.14. The number of ketones is 2. The standard InChI is InChI=1S/C21H28O5/c1-20-7-6-13(24)8-12(20)2-3-14-15-4-5-16(18(26)10-22)21(15,11-23)9-17(25)19(14)20/h8,11,14-17,19,22,25H,2-7,9-10H2,1H3/t14?,15?,16-,17+,19?,20+,21-/m1/s1. The highest BCUT2D eigenvalue weighted by atomic mass is 16.3. The van der Waals surface area contributed by atoms with Crippen LogP contribution >= 0.6 is 0 Å². The topological polar surface area (TPSA) is 91.7 Å². The molecule has 4 rings (SSSR count). The summed E-state index contributed by atoms with van der Waals surface area (Å²) in [5, 5.41) is 20.5. The molecule has 0 aromatic carbocycles. The van der Waals surface area contributed by atoms with Crippen LogP contribution in [-0.4, -0.2) is 40.8 Å². The Morgan fingerprint density at radius 2 is 2.08 bits per heavy atom. The predicted molar refractivity (Wildman–Crippen MR) is 94.1 cm³/mol. The fraction of sp³-hybridized carbons (Fsp3) is 0.762. The number of Topliss-reactive ketones (excluding diaryl/α,β-unsaturated/α-hetero) is 1. The summed E-state index contributed by atoms with van der Waals surface area (Å²) < 4.78 is 0. The molecule has 142 valence electrons. The Labute approximate surface area is 153 Å². The van der Waals surface area contributed by atoms with Gasteiger partial charge in [0.1, 0.15) is 12.9 Å². The van der Waals surface area contributed by atoms with E-state index in [1.807, 2.05) is 0 Å². The maximum absolute atomic E-state index is 12.3. The lowest BCUT2D eigenvalue weighted by Gasteiger charge is -2.59. The Morgan fingerprint density at radius 1 is 1.31 bits per heavy atom. The van der Waals surface area contributed by atoms with Crippen LogP contribution in [-0.2, 0) is 14.4 Å². The van der Waals surface area contributed by atoms with Gasteiger partial charge in [-0.2, -0.15) is 0 Å². The fourth-order valence-corrected chi connectivity index (χ4v) is 7.18. The number of aldehydes is 1. The summed E-state index contributed by atoms with van der Waals surface area (Å²) in [5.41, 5.74) is 0.140. The van der Waals surface area contributed by atoms with Crippen LogP contribution < -0.4 is 0 Å². The third-order valence-corrected chi connectivity index (χ3v) is 8.27. The van der Waals surface area contributed by atoms with Crippen LogP contribution in [0.25, 0.3) is 0 Å². The lowest BCUT2D eigenvalue weighted by atomic mass is 9.45. The second-order valence-electron chi connectivity index (χ2n) is 9.14. The highest BCUT2D eigenvalue weighted by Crippen LogP contribution is 2.66. The molecule has 5 heteroatoms. The zero-order valence-electron chi connectivity index (χ0n) is 15.3. The van der Waals surface area contributed by atoms with E-state index in [2.05, 4.69) is 6.92 Å². The van der Waals surface area contributed by atoms with Gasteiger partial charge in [-0.1, -0.05) is 12.5 Å². The van der Waals surface area contributed by atoms with Crippen molar-refractivity contribution in [1.82, 2.24) is 0 Å². The molecule has 3 unspecified atom stereocenters. The van der Waals surface area contributed by atoms with E-state index in [1.54, 1.807) is 6.08 Å². The molecule has 0 radical (unpaired) electrons. The lowest BCUT2D eigenvalue weighted by molar-refractivity contribution is -0.157. The molecular formula is C21H28O5. The number of aliphatic hydroxyl groups excluding tert-OH is 2. The zero-order valence-corrected chi connectivity index (χ0v) is 15.3. The van der Waals surface area contributed by atoms with Crippen molar-refractivity contribution in [3.63, 3.8) is 0 Å². The number of allylic oxidation sites excluding steroid dienone is 1. The summed E-state index contributed by atoms with van der Waals surface area (Å²) in [6.07, 6.45) is 6.75. The van der Waals surface area contributed by atoms with Crippen LogP contribution in [0.5, 0.6) is 0 Å². The molecular weight excluding hydrogens is 332 g/mol. The third kappa shape index (κ3) is 2.26. The Bertz CT molecular complexity index is 682. The minimum Gasteiger partial charge on any atom is -0.393 e. The van der Waals surface area contributed by atoms with Gasteiger partial charge >= 0.3 is 0 Å². The molecule has 4 aliphatic rings. The van der Waals surface area contributed by atoms with E-state index in [0.717, 1.165) is 37.5 Å². The van der Waals surface area contributed by atoms with Gasteiger partial charge in [0.05, 0.1) is 6.10 Å². The molecule has 2 N–H and O–H groups in total. The van der Waals surface area contributed by atoms with Crippen LogP contribution in [0.1, 0.15) is 51.9 Å². The third-order valence-electron chi connectivity index (χ3n) is 8.27. The van der Waals surface area contributed by atoms with Crippen molar-refractivity contribution in [1.29, 1.82) is 0 Å². The molecule has 0 bridgehead atoms. The summed E-state index contributed by atoms with van der Waals surface area (Å²) in [5.74, 6) is -0.241. The maximum atomic E-state index is 12.3. The molecule has 0 aromatic rings. The Hall–Kier alpha value is -1.33. The Kier molecular flexibility index (Phi) is 4.23. The van der Waals surface area contributed by atoms with E-state index in [9.17, 15) is 24.6 Å². The van der Waals surface area contributed by atoms with Gasteiger partial charge in [-0.25, -0.2) is 0 Å². The molecule has 0 amide bonds. The van der Waals surface area contributed by atoms with E-state index in [4.69, 9.17) is 0 Å². The fourth-order valence-electron chi connectivity index (χ4n) is 7.18. The van der Waals surface area contributed by atoms with Crippen LogP contribution in [0.15, 0.2) is 11.6 Å². The molecule has 5 nitrogen and oxygen atoms in total. The number of carbonyl (C=O) groups excluding carboxylic acids is 3. The quantitative estimate of drug-likeness (QED) is 0.750. The van der Waals surface area contributed by atoms with Gasteiger partial charge < -0.3 is 15.0 Å². The molecule has 3 fully saturated rings. The van der Waals surface area contributed by atoms with Crippen LogP contribution in [0.4, 0.5) is 0 Å². The molecule has 0 saturated heterocycles. The molecule has 0 spiro atoms. The largest absolute Gasteiger partial charge is 0.393 e. The van der Waals surface area contributed by atoms with Crippen LogP contribution in [0, 0.1) is 34.5 Å². The Morgan fingerprint density at radius 3 is 2.77 bits per heavy atom. The minimum atomic E-state index is -0.831. The normalized spacial score (nSPS) is 47.4. The van der Waals surface area contributed by atoms with Gasteiger partial charge in [0, 0.05) is 17.8 Å². The first-order chi connectivity index (χ1) is 12.4. The van der Waals surface area contributed by atoms with Gasteiger partial charge in [0.2, 0.25) is 0 Å². The maximum Gasteiger partial charge on any atom is 0.162 e. The van der Waals surface area contributed by atoms with E-state index >= 15 is 0 Å². The lowest BCUT2D eigenvalue weighted by Crippen LogP contribution is -2.58. The summed E-state index contributed by atoms with van der Waals surface area (Å²) in [7, 11) is 0. The molecule has 26 heavy (non-hydrogen) atoms. The molecule has 0 heterocycles. The number of carbonyl (C=O) groups is 3. The summed E-state index contributed by atoms with van der Waals surface area (Å²) >= 11 is 0. The van der Waals surface area contributed by atoms with Crippen molar-refractivity contribution < 1.29 is 24.6 Å². The van der Waals surface area contributed by atoms with Crippen molar-refractivity contribution in [2.45, 2.75) is 58.0 Å². The monoisotopic (exact) mass is 360 g/mol. The Balaban J connectivity index is 1.74. The number of aliphatic hydroxyl groups is 2. The smallest absolute Gasteiger partial charge is 0.162 e. The molecule has 0 aliphatic heterocycles. The number of rotatable bonds is 3. The molecule has 0 aromatic heterocycles. The van der Waals surface area contributed by atoms with E-state index in [1.165, 1.54) is 0 Å². The van der Waals surface area contributed by atoms with Crippen LogP contribution in [0.2, 0.25) is 0 Å². The number of hydrogen-bond acceptors (Lipinski definition) is 5. The summed E-state index contributed by atoms with van der Waals surface area (Å²) in [4.78, 5) is 36.4. The summed E-state index contributed by atoms with van der Waals surface area (Å²) in [6, 6.07) is 0. The SMILES string of the molecule is C[C@]12CCC(=O)C=C1CCC1C2[C@@H](O)C[C@@]2(C=O)C1CC[C@@H]2C(=O)CO. The molecule has 4 aliphatic carbocycles. The summed E-state index contributed by atoms with van der Waals surface area (Å²) in [6.45, 7) is 1.63. The van der Waals surface area contributed by atoms with Gasteiger partial charge in [-0.05, 0) is 67.8 Å². The van der Waals surface area contributed by atoms with E-state index in [-0.39, 0.29) is 34.7 Å². The minimum absolute atomic E-state index is 0.0386. The van der Waals surface area contributed by atoms with Gasteiger partial charge in [-0.3, -0.25) is 9.59 Å². The van der Waals surface area contributed by atoms with Gasteiger partial charge in [-0.15, -0.1) is 0 Å². The van der Waals surface area contributed by atoms with Crippen molar-refractivity contribution in [3.8, 4) is 0 Å². The van der Waals surface area contributed by atoms with E-state index < -0.39 is 24.0 Å². The highest BCUT2D eigenvalue weighted by Gasteiger charge is 2.64. The molecule has 7 atom stereocenters.